The third-order valence-corrected chi connectivity index (χ3v) is 4.12. The van der Waals surface area contributed by atoms with Crippen LogP contribution in [0.2, 0.25) is 0 Å². The van der Waals surface area contributed by atoms with Crippen molar-refractivity contribution in [1.29, 1.82) is 0 Å². The maximum Gasteiger partial charge on any atom is 0.285 e. The number of hydrogen-bond acceptors (Lipinski definition) is 3. The first-order valence-electron chi connectivity index (χ1n) is 8.17. The summed E-state index contributed by atoms with van der Waals surface area (Å²) in [7, 11) is 0. The molecule has 0 fully saturated rings. The number of fused-ring (bicyclic) bond motifs is 1. The first kappa shape index (κ1) is 16.0. The average Bonchev–Trinajstić information content (AvgIpc) is 2.96. The van der Waals surface area contributed by atoms with Crippen LogP contribution in [0.3, 0.4) is 0 Å². The normalized spacial score (nSPS) is 14.6. The van der Waals surface area contributed by atoms with Crippen molar-refractivity contribution in [3.05, 3.63) is 95.8 Å². The summed E-state index contributed by atoms with van der Waals surface area (Å²) in [5, 5.41) is 4.07. The van der Waals surface area contributed by atoms with Crippen molar-refractivity contribution in [2.75, 3.05) is 4.90 Å². The number of carbonyl (C=O) groups is 1. The lowest BCUT2D eigenvalue weighted by atomic mass is 10.1. The zero-order valence-electron chi connectivity index (χ0n) is 13.8. The van der Waals surface area contributed by atoms with Crippen molar-refractivity contribution >= 4 is 23.0 Å². The van der Waals surface area contributed by atoms with Gasteiger partial charge in [-0.3, -0.25) is 9.69 Å². The molecule has 0 N–H and O–H groups in total. The van der Waals surface area contributed by atoms with Crippen molar-refractivity contribution in [2.24, 2.45) is 5.16 Å². The maximum atomic E-state index is 13.0. The highest BCUT2D eigenvalue weighted by atomic mass is 19.1. The summed E-state index contributed by atoms with van der Waals surface area (Å²) >= 11 is 0. The van der Waals surface area contributed by atoms with Crippen LogP contribution in [0.25, 0.3) is 0 Å². The van der Waals surface area contributed by atoms with Gasteiger partial charge in [0, 0.05) is 11.3 Å². The molecule has 1 aliphatic heterocycles. The number of hydrogen-bond donors (Lipinski definition) is 0. The van der Waals surface area contributed by atoms with Gasteiger partial charge >= 0.3 is 0 Å². The largest absolute Gasteiger partial charge is 0.390 e. The lowest BCUT2D eigenvalue weighted by Crippen LogP contribution is -2.25. The highest BCUT2D eigenvalue weighted by molar-refractivity contribution is 6.55. The monoisotopic (exact) mass is 346 g/mol. The second-order valence-electron chi connectivity index (χ2n) is 5.83. The molecule has 0 spiro atoms. The summed E-state index contributed by atoms with van der Waals surface area (Å²) in [4.78, 5) is 19.9. The number of oxime groups is 1. The van der Waals surface area contributed by atoms with E-state index in [1.165, 1.54) is 12.1 Å². The molecule has 0 radical (unpaired) electrons. The van der Waals surface area contributed by atoms with Gasteiger partial charge < -0.3 is 4.84 Å². The Bertz CT molecular complexity index is 969. The molecule has 128 valence electrons. The number of halogens is 1. The van der Waals surface area contributed by atoms with Crippen molar-refractivity contribution in [3.8, 4) is 0 Å². The molecule has 0 atom stereocenters. The smallest absolute Gasteiger partial charge is 0.285 e. The molecule has 0 saturated carbocycles. The van der Waals surface area contributed by atoms with E-state index < -0.39 is 0 Å². The van der Waals surface area contributed by atoms with Crippen LogP contribution < -0.4 is 4.90 Å². The van der Waals surface area contributed by atoms with Gasteiger partial charge in [-0.1, -0.05) is 53.7 Å². The van der Waals surface area contributed by atoms with Crippen LogP contribution in [-0.4, -0.2) is 11.6 Å². The van der Waals surface area contributed by atoms with Gasteiger partial charge in [-0.2, -0.15) is 0 Å². The van der Waals surface area contributed by atoms with Gasteiger partial charge in [0.25, 0.3) is 5.91 Å². The van der Waals surface area contributed by atoms with E-state index in [1.807, 2.05) is 54.6 Å². The molecule has 3 aromatic carbocycles. The minimum atomic E-state index is -0.307. The van der Waals surface area contributed by atoms with E-state index in [9.17, 15) is 9.18 Å². The second kappa shape index (κ2) is 6.80. The van der Waals surface area contributed by atoms with Crippen LogP contribution in [0.15, 0.2) is 84.0 Å². The van der Waals surface area contributed by atoms with Crippen LogP contribution in [0.4, 0.5) is 15.8 Å². The van der Waals surface area contributed by atoms with E-state index in [4.69, 9.17) is 4.84 Å². The summed E-state index contributed by atoms with van der Waals surface area (Å²) < 4.78 is 13.0. The van der Waals surface area contributed by atoms with Gasteiger partial charge in [-0.25, -0.2) is 4.39 Å². The zero-order valence-corrected chi connectivity index (χ0v) is 13.8. The molecule has 5 heteroatoms. The molecule has 0 saturated heterocycles. The Labute approximate surface area is 150 Å². The van der Waals surface area contributed by atoms with Gasteiger partial charge in [0.2, 0.25) is 0 Å². The number of rotatable bonds is 4. The Hall–Kier alpha value is -3.47. The Morgan fingerprint density at radius 2 is 1.58 bits per heavy atom. The minimum Gasteiger partial charge on any atom is -0.390 e. The van der Waals surface area contributed by atoms with E-state index in [1.54, 1.807) is 17.0 Å². The van der Waals surface area contributed by atoms with Crippen LogP contribution in [-0.2, 0) is 16.2 Å². The van der Waals surface area contributed by atoms with Gasteiger partial charge in [-0.05, 0) is 35.9 Å². The fraction of sp³-hybridized carbons (Fsp3) is 0.0476. The van der Waals surface area contributed by atoms with Crippen LogP contribution in [0.5, 0.6) is 0 Å². The molecule has 3 aromatic rings. The molecule has 0 bridgehead atoms. The predicted octanol–water partition coefficient (Wildman–Crippen LogP) is 4.42. The Morgan fingerprint density at radius 3 is 2.35 bits per heavy atom. The zero-order chi connectivity index (χ0) is 17.9. The fourth-order valence-electron chi connectivity index (χ4n) is 2.87. The summed E-state index contributed by atoms with van der Waals surface area (Å²) in [5.74, 6) is -0.546. The molecule has 26 heavy (non-hydrogen) atoms. The third kappa shape index (κ3) is 2.95. The molecule has 0 aliphatic carbocycles. The second-order valence-corrected chi connectivity index (χ2v) is 5.83. The first-order valence-corrected chi connectivity index (χ1v) is 8.17. The fourth-order valence-corrected chi connectivity index (χ4v) is 2.87. The molecular formula is C21H15FN2O2. The van der Waals surface area contributed by atoms with Crippen molar-refractivity contribution in [1.82, 2.24) is 0 Å². The van der Waals surface area contributed by atoms with Crippen LogP contribution in [0.1, 0.15) is 11.1 Å². The van der Waals surface area contributed by atoms with Gasteiger partial charge in [0.15, 0.2) is 5.71 Å². The van der Waals surface area contributed by atoms with Crippen molar-refractivity contribution < 1.29 is 14.0 Å². The maximum absolute atomic E-state index is 13.0. The number of amides is 1. The molecule has 1 heterocycles. The Morgan fingerprint density at radius 1 is 0.885 bits per heavy atom. The van der Waals surface area contributed by atoms with Crippen LogP contribution >= 0.6 is 0 Å². The predicted molar refractivity (Wildman–Crippen MR) is 97.8 cm³/mol. The molecule has 0 aromatic heterocycles. The number of benzene rings is 3. The van der Waals surface area contributed by atoms with Crippen LogP contribution in [0, 0.1) is 5.82 Å². The third-order valence-electron chi connectivity index (χ3n) is 4.12. The lowest BCUT2D eigenvalue weighted by molar-refractivity contribution is -0.111. The van der Waals surface area contributed by atoms with E-state index >= 15 is 0 Å². The summed E-state index contributed by atoms with van der Waals surface area (Å²) in [5.41, 5.74) is 3.29. The Balaban J connectivity index is 1.62. The van der Waals surface area contributed by atoms with E-state index in [0.29, 0.717) is 0 Å². The van der Waals surface area contributed by atoms with Gasteiger partial charge in [0.1, 0.15) is 12.4 Å². The van der Waals surface area contributed by atoms with Crippen molar-refractivity contribution in [2.45, 2.75) is 6.61 Å². The van der Waals surface area contributed by atoms with E-state index in [0.717, 1.165) is 22.5 Å². The highest BCUT2D eigenvalue weighted by Gasteiger charge is 2.35. The standard InChI is InChI=1S/C21H15FN2O2/c22-16-12-10-15(11-13-16)14-26-23-20-18-8-4-5-9-19(18)24(21(20)25)17-6-2-1-3-7-17/h1-13H,14H2/b23-20+. The molecule has 1 amide bonds. The summed E-state index contributed by atoms with van der Waals surface area (Å²) in [6.45, 7) is 0.157. The molecule has 0 unspecified atom stereocenters. The number of nitrogens with zero attached hydrogens (tertiary/aromatic N) is 2. The van der Waals surface area contributed by atoms with E-state index in [2.05, 4.69) is 5.16 Å². The topological polar surface area (TPSA) is 41.9 Å². The highest BCUT2D eigenvalue weighted by Crippen LogP contribution is 2.35. The summed E-state index contributed by atoms with van der Waals surface area (Å²) in [6, 6.07) is 22.8. The quantitative estimate of drug-likeness (QED) is 0.656. The number of carbonyl (C=O) groups excluding carboxylic acids is 1. The number of para-hydroxylation sites is 2. The lowest BCUT2D eigenvalue weighted by Gasteiger charge is -2.16. The SMILES string of the molecule is O=C1/C(=N/OCc2ccc(F)cc2)c2ccccc2N1c1ccccc1. The molecule has 4 rings (SSSR count). The molecular weight excluding hydrogens is 331 g/mol. The first-order chi connectivity index (χ1) is 12.7. The summed E-state index contributed by atoms with van der Waals surface area (Å²) in [6.07, 6.45) is 0. The average molecular weight is 346 g/mol. The number of anilines is 2. The van der Waals surface area contributed by atoms with Gasteiger partial charge in [0.05, 0.1) is 5.69 Å². The molecule has 4 nitrogen and oxygen atoms in total. The van der Waals surface area contributed by atoms with Gasteiger partial charge in [-0.15, -0.1) is 0 Å². The van der Waals surface area contributed by atoms with E-state index in [-0.39, 0.29) is 24.0 Å². The minimum absolute atomic E-state index is 0.157. The Kier molecular flexibility index (Phi) is 4.19. The van der Waals surface area contributed by atoms with Crippen molar-refractivity contribution in [3.63, 3.8) is 0 Å². The molecule has 1 aliphatic rings.